The minimum atomic E-state index is -0.795. The van der Waals surface area contributed by atoms with Crippen molar-refractivity contribution >= 4 is 11.9 Å². The average Bonchev–Trinajstić information content (AvgIpc) is 2.57. The van der Waals surface area contributed by atoms with Gasteiger partial charge in [0.15, 0.2) is 6.61 Å². The van der Waals surface area contributed by atoms with E-state index in [9.17, 15) is 9.59 Å². The van der Waals surface area contributed by atoms with Crippen molar-refractivity contribution in [2.24, 2.45) is 5.92 Å². The Balaban J connectivity index is 1.51. The summed E-state index contributed by atoms with van der Waals surface area (Å²) in [7, 11) is 0. The van der Waals surface area contributed by atoms with Crippen LogP contribution in [-0.2, 0) is 16.0 Å². The van der Waals surface area contributed by atoms with Crippen LogP contribution in [0.1, 0.15) is 24.0 Å². The molecule has 0 unspecified atom stereocenters. The molecule has 2 aromatic carbocycles. The normalized spacial score (nSPS) is 18.9. The zero-order chi connectivity index (χ0) is 17.6. The molecule has 1 saturated carbocycles. The number of ether oxygens (including phenoxy) is 1. The minimum Gasteiger partial charge on any atom is -0.483 e. The van der Waals surface area contributed by atoms with E-state index in [1.54, 1.807) is 0 Å². The number of hydrogen-bond donors (Lipinski definition) is 2. The number of amides is 1. The van der Waals surface area contributed by atoms with Crippen LogP contribution in [0.25, 0.3) is 0 Å². The van der Waals surface area contributed by atoms with Crippen LogP contribution in [0, 0.1) is 5.92 Å². The summed E-state index contributed by atoms with van der Waals surface area (Å²) in [5, 5.41) is 11.7. The topological polar surface area (TPSA) is 75.6 Å². The van der Waals surface area contributed by atoms with Gasteiger partial charge >= 0.3 is 5.97 Å². The largest absolute Gasteiger partial charge is 0.483 e. The number of hydrogen-bond acceptors (Lipinski definition) is 3. The smallest absolute Gasteiger partial charge is 0.306 e. The molecular formula is C20H21NO4. The molecule has 25 heavy (non-hydrogen) atoms. The third-order valence-corrected chi connectivity index (χ3v) is 4.42. The monoisotopic (exact) mass is 339 g/mol. The molecule has 1 aliphatic rings. The van der Waals surface area contributed by atoms with Crippen molar-refractivity contribution in [3.05, 3.63) is 65.7 Å². The maximum Gasteiger partial charge on any atom is 0.306 e. The zero-order valence-corrected chi connectivity index (χ0v) is 13.9. The van der Waals surface area contributed by atoms with Gasteiger partial charge in [-0.2, -0.15) is 0 Å². The van der Waals surface area contributed by atoms with E-state index in [4.69, 9.17) is 9.84 Å². The number of carbonyl (C=O) groups is 2. The molecular weight excluding hydrogens is 318 g/mol. The van der Waals surface area contributed by atoms with Gasteiger partial charge in [0.2, 0.25) is 0 Å². The first-order chi connectivity index (χ1) is 12.1. The van der Waals surface area contributed by atoms with Crippen molar-refractivity contribution in [2.75, 3.05) is 6.61 Å². The number of nitrogens with one attached hydrogen (secondary N) is 1. The first-order valence-electron chi connectivity index (χ1n) is 8.38. The summed E-state index contributed by atoms with van der Waals surface area (Å²) in [6.07, 6.45) is 1.72. The van der Waals surface area contributed by atoms with Gasteiger partial charge in [-0.1, -0.05) is 48.5 Å². The van der Waals surface area contributed by atoms with Gasteiger partial charge < -0.3 is 15.2 Å². The Morgan fingerprint density at radius 3 is 2.44 bits per heavy atom. The van der Waals surface area contributed by atoms with Crippen LogP contribution >= 0.6 is 0 Å². The van der Waals surface area contributed by atoms with Crippen LogP contribution in [0.3, 0.4) is 0 Å². The maximum atomic E-state index is 12.0. The lowest BCUT2D eigenvalue weighted by Gasteiger charge is -2.32. The molecule has 0 aromatic heterocycles. The Hall–Kier alpha value is -2.82. The van der Waals surface area contributed by atoms with Crippen LogP contribution < -0.4 is 10.1 Å². The fourth-order valence-corrected chi connectivity index (χ4v) is 2.96. The summed E-state index contributed by atoms with van der Waals surface area (Å²) < 4.78 is 5.69. The van der Waals surface area contributed by atoms with Crippen LogP contribution in [0.2, 0.25) is 0 Å². The number of benzene rings is 2. The van der Waals surface area contributed by atoms with Gasteiger partial charge in [0.05, 0.1) is 5.92 Å². The van der Waals surface area contributed by atoms with E-state index in [1.807, 2.05) is 42.5 Å². The molecule has 1 amide bonds. The second kappa shape index (κ2) is 7.83. The van der Waals surface area contributed by atoms with Gasteiger partial charge in [-0.15, -0.1) is 0 Å². The molecule has 1 aliphatic carbocycles. The minimum absolute atomic E-state index is 0.0586. The van der Waals surface area contributed by atoms with Gasteiger partial charge in [-0.05, 0) is 30.0 Å². The zero-order valence-electron chi connectivity index (χ0n) is 13.9. The number of carbonyl (C=O) groups excluding carboxylic acids is 1. The SMILES string of the molecule is O=C(COc1ccccc1Cc1ccccc1)NC1CC(C(=O)O)C1. The number of para-hydroxylation sites is 1. The molecule has 0 aliphatic heterocycles. The van der Waals surface area contributed by atoms with Crippen molar-refractivity contribution < 1.29 is 19.4 Å². The van der Waals surface area contributed by atoms with Crippen LogP contribution in [0.5, 0.6) is 5.75 Å². The van der Waals surface area contributed by atoms with E-state index in [2.05, 4.69) is 17.4 Å². The Bertz CT molecular complexity index is 738. The van der Waals surface area contributed by atoms with Gasteiger partial charge in [-0.3, -0.25) is 9.59 Å². The van der Waals surface area contributed by atoms with Crippen molar-refractivity contribution in [1.29, 1.82) is 0 Å². The lowest BCUT2D eigenvalue weighted by atomic mass is 9.80. The molecule has 0 heterocycles. The van der Waals surface area contributed by atoms with Gasteiger partial charge in [0, 0.05) is 12.5 Å². The molecule has 130 valence electrons. The Labute approximate surface area is 146 Å². The molecule has 5 nitrogen and oxygen atoms in total. The number of carboxylic acid groups (broad SMARTS) is 1. The number of carboxylic acids is 1. The summed E-state index contributed by atoms with van der Waals surface area (Å²) in [6.45, 7) is -0.0694. The summed E-state index contributed by atoms with van der Waals surface area (Å²) >= 11 is 0. The molecule has 0 atom stereocenters. The summed E-state index contributed by atoms with van der Waals surface area (Å²) in [5.41, 5.74) is 2.20. The lowest BCUT2D eigenvalue weighted by Crippen LogP contribution is -2.48. The Kier molecular flexibility index (Phi) is 5.33. The standard InChI is InChI=1S/C20H21NO4/c22-19(21-17-11-16(12-17)20(23)24)13-25-18-9-5-4-8-15(18)10-14-6-2-1-3-7-14/h1-9,16-17H,10-13H2,(H,21,22)(H,23,24). The van der Waals surface area contributed by atoms with E-state index in [1.165, 1.54) is 5.56 Å². The highest BCUT2D eigenvalue weighted by molar-refractivity contribution is 5.78. The second-order valence-electron chi connectivity index (χ2n) is 6.33. The quantitative estimate of drug-likeness (QED) is 0.813. The molecule has 0 bridgehead atoms. The van der Waals surface area contributed by atoms with Crippen LogP contribution in [0.4, 0.5) is 0 Å². The van der Waals surface area contributed by atoms with E-state index in [-0.39, 0.29) is 24.5 Å². The number of aliphatic carboxylic acids is 1. The van der Waals surface area contributed by atoms with Crippen molar-refractivity contribution in [1.82, 2.24) is 5.32 Å². The maximum absolute atomic E-state index is 12.0. The summed E-state index contributed by atoms with van der Waals surface area (Å²) in [6, 6.07) is 17.7. The predicted octanol–water partition coefficient (Wildman–Crippen LogP) is 2.64. The fraction of sp³-hybridized carbons (Fsp3) is 0.300. The molecule has 2 N–H and O–H groups in total. The van der Waals surface area contributed by atoms with E-state index >= 15 is 0 Å². The molecule has 0 saturated heterocycles. The van der Waals surface area contributed by atoms with E-state index < -0.39 is 5.97 Å². The predicted molar refractivity (Wildman–Crippen MR) is 93.5 cm³/mol. The van der Waals surface area contributed by atoms with Crippen molar-refractivity contribution in [2.45, 2.75) is 25.3 Å². The third kappa shape index (κ3) is 4.59. The summed E-state index contributed by atoms with van der Waals surface area (Å²) in [5.74, 6) is -0.656. The van der Waals surface area contributed by atoms with E-state index in [0.29, 0.717) is 18.6 Å². The summed E-state index contributed by atoms with van der Waals surface area (Å²) in [4.78, 5) is 22.8. The van der Waals surface area contributed by atoms with Crippen LogP contribution in [0.15, 0.2) is 54.6 Å². The molecule has 2 aromatic rings. The first-order valence-corrected chi connectivity index (χ1v) is 8.38. The highest BCUT2D eigenvalue weighted by Gasteiger charge is 2.35. The lowest BCUT2D eigenvalue weighted by molar-refractivity contribution is -0.146. The highest BCUT2D eigenvalue weighted by Crippen LogP contribution is 2.27. The Morgan fingerprint density at radius 2 is 1.72 bits per heavy atom. The van der Waals surface area contributed by atoms with Crippen molar-refractivity contribution in [3.63, 3.8) is 0 Å². The highest BCUT2D eigenvalue weighted by atomic mass is 16.5. The van der Waals surface area contributed by atoms with Crippen LogP contribution in [-0.4, -0.2) is 29.6 Å². The molecule has 5 heteroatoms. The first kappa shape index (κ1) is 17.0. The second-order valence-corrected chi connectivity index (χ2v) is 6.33. The van der Waals surface area contributed by atoms with Gasteiger partial charge in [0.25, 0.3) is 5.91 Å². The third-order valence-electron chi connectivity index (χ3n) is 4.42. The number of rotatable bonds is 7. The van der Waals surface area contributed by atoms with Crippen molar-refractivity contribution in [3.8, 4) is 5.75 Å². The molecule has 1 fully saturated rings. The van der Waals surface area contributed by atoms with Gasteiger partial charge in [0.1, 0.15) is 5.75 Å². The molecule has 0 radical (unpaired) electrons. The van der Waals surface area contributed by atoms with E-state index in [0.717, 1.165) is 12.0 Å². The molecule has 0 spiro atoms. The Morgan fingerprint density at radius 1 is 1.04 bits per heavy atom. The fourth-order valence-electron chi connectivity index (χ4n) is 2.96. The average molecular weight is 339 g/mol. The van der Waals surface area contributed by atoms with Gasteiger partial charge in [-0.25, -0.2) is 0 Å². The molecule has 3 rings (SSSR count).